The van der Waals surface area contributed by atoms with Gasteiger partial charge in [0.2, 0.25) is 5.91 Å². The van der Waals surface area contributed by atoms with E-state index in [2.05, 4.69) is 51.6 Å². The summed E-state index contributed by atoms with van der Waals surface area (Å²) in [6.07, 6.45) is 8.59. The van der Waals surface area contributed by atoms with E-state index in [0.717, 1.165) is 63.2 Å². The van der Waals surface area contributed by atoms with Crippen LogP contribution in [0.5, 0.6) is 0 Å². The minimum atomic E-state index is -0.389. The SMILES string of the molecule is CCNC(=O)[C@@]1(Cc2cccc(-c3cccnc3)c2)CCN(CC2=CCCOC2)C1. The van der Waals surface area contributed by atoms with Crippen molar-refractivity contribution < 1.29 is 9.53 Å². The standard InChI is InChI=1S/C25H31N3O2/c1-2-27-24(29)25(10-12-28(19-25)17-21-7-5-13-30-18-21)15-20-6-3-8-22(14-20)23-9-4-11-26-16-23/h3-4,6-9,11,14,16H,2,5,10,12-13,15,17-19H2,1H3,(H,27,29)/t25-/m1/s1. The molecule has 0 aliphatic carbocycles. The maximum absolute atomic E-state index is 13.2. The minimum absolute atomic E-state index is 0.174. The highest BCUT2D eigenvalue weighted by Crippen LogP contribution is 2.36. The van der Waals surface area contributed by atoms with E-state index in [9.17, 15) is 4.79 Å². The molecular weight excluding hydrogens is 374 g/mol. The summed E-state index contributed by atoms with van der Waals surface area (Å²) < 4.78 is 5.60. The Morgan fingerprint density at radius 1 is 1.27 bits per heavy atom. The number of amides is 1. The molecule has 0 bridgehead atoms. The van der Waals surface area contributed by atoms with Crippen LogP contribution in [0.3, 0.4) is 0 Å². The summed E-state index contributed by atoms with van der Waals surface area (Å²) in [5, 5.41) is 3.10. The van der Waals surface area contributed by atoms with E-state index in [1.807, 2.05) is 19.2 Å². The fourth-order valence-corrected chi connectivity index (χ4v) is 4.64. The Bertz CT molecular complexity index is 896. The Hall–Kier alpha value is -2.50. The topological polar surface area (TPSA) is 54.5 Å². The van der Waals surface area contributed by atoms with Gasteiger partial charge >= 0.3 is 0 Å². The molecule has 1 N–H and O–H groups in total. The molecule has 1 fully saturated rings. The first-order valence-electron chi connectivity index (χ1n) is 10.9. The summed E-state index contributed by atoms with van der Waals surface area (Å²) in [5.74, 6) is 0.174. The third-order valence-electron chi connectivity index (χ3n) is 6.13. The summed E-state index contributed by atoms with van der Waals surface area (Å²) in [4.78, 5) is 19.8. The summed E-state index contributed by atoms with van der Waals surface area (Å²) in [6, 6.07) is 12.6. The minimum Gasteiger partial charge on any atom is -0.377 e. The number of hydrogen-bond acceptors (Lipinski definition) is 4. The van der Waals surface area contributed by atoms with E-state index in [-0.39, 0.29) is 11.3 Å². The van der Waals surface area contributed by atoms with E-state index < -0.39 is 0 Å². The van der Waals surface area contributed by atoms with Gasteiger partial charge in [0.25, 0.3) is 0 Å². The third kappa shape index (κ3) is 4.79. The summed E-state index contributed by atoms with van der Waals surface area (Å²) in [5.41, 5.74) is 4.39. The van der Waals surface area contributed by atoms with Crippen LogP contribution in [0.2, 0.25) is 0 Å². The molecule has 1 atom stereocenters. The predicted molar refractivity (Wildman–Crippen MR) is 119 cm³/mol. The zero-order valence-electron chi connectivity index (χ0n) is 17.8. The zero-order chi connectivity index (χ0) is 20.8. The van der Waals surface area contributed by atoms with Crippen molar-refractivity contribution >= 4 is 5.91 Å². The highest BCUT2D eigenvalue weighted by atomic mass is 16.5. The highest BCUT2D eigenvalue weighted by molar-refractivity contribution is 5.83. The fourth-order valence-electron chi connectivity index (χ4n) is 4.64. The summed E-state index contributed by atoms with van der Waals surface area (Å²) in [7, 11) is 0. The maximum Gasteiger partial charge on any atom is 0.227 e. The van der Waals surface area contributed by atoms with Gasteiger partial charge in [-0.1, -0.05) is 36.4 Å². The van der Waals surface area contributed by atoms with E-state index in [1.54, 1.807) is 6.20 Å². The number of benzene rings is 1. The Labute approximate surface area is 179 Å². The van der Waals surface area contributed by atoms with Crippen LogP contribution in [0.4, 0.5) is 0 Å². The molecule has 0 radical (unpaired) electrons. The van der Waals surface area contributed by atoms with Crippen LogP contribution < -0.4 is 5.32 Å². The molecule has 1 saturated heterocycles. The molecule has 5 heteroatoms. The second-order valence-electron chi connectivity index (χ2n) is 8.42. The molecule has 5 nitrogen and oxygen atoms in total. The van der Waals surface area contributed by atoms with Crippen molar-refractivity contribution in [1.82, 2.24) is 15.2 Å². The second-order valence-corrected chi connectivity index (χ2v) is 8.42. The van der Waals surface area contributed by atoms with Crippen LogP contribution in [0.25, 0.3) is 11.1 Å². The van der Waals surface area contributed by atoms with Crippen LogP contribution in [-0.2, 0) is 16.0 Å². The molecule has 2 aromatic rings. The quantitative estimate of drug-likeness (QED) is 0.717. The van der Waals surface area contributed by atoms with E-state index in [4.69, 9.17) is 4.74 Å². The van der Waals surface area contributed by atoms with E-state index >= 15 is 0 Å². The lowest BCUT2D eigenvalue weighted by atomic mass is 9.79. The number of ether oxygens (including phenoxy) is 1. The molecule has 0 unspecified atom stereocenters. The molecule has 0 spiro atoms. The molecule has 30 heavy (non-hydrogen) atoms. The van der Waals surface area contributed by atoms with E-state index in [0.29, 0.717) is 6.54 Å². The molecule has 3 heterocycles. The molecule has 158 valence electrons. The Balaban J connectivity index is 1.53. The van der Waals surface area contributed by atoms with Crippen LogP contribution >= 0.6 is 0 Å². The van der Waals surface area contributed by atoms with Crippen LogP contribution in [0.15, 0.2) is 60.4 Å². The Morgan fingerprint density at radius 2 is 2.17 bits per heavy atom. The van der Waals surface area contributed by atoms with Crippen molar-refractivity contribution in [2.45, 2.75) is 26.2 Å². The molecule has 4 rings (SSSR count). The highest BCUT2D eigenvalue weighted by Gasteiger charge is 2.44. The molecule has 0 saturated carbocycles. The van der Waals surface area contributed by atoms with Crippen molar-refractivity contribution in [3.63, 3.8) is 0 Å². The lowest BCUT2D eigenvalue weighted by Crippen LogP contribution is -2.44. The number of carbonyl (C=O) groups is 1. The number of nitrogens with one attached hydrogen (secondary N) is 1. The summed E-state index contributed by atoms with van der Waals surface area (Å²) in [6.45, 7) is 6.82. The number of pyridine rings is 1. The average Bonchev–Trinajstić information content (AvgIpc) is 3.19. The normalized spacial score (nSPS) is 22.0. The smallest absolute Gasteiger partial charge is 0.227 e. The molecule has 2 aliphatic heterocycles. The molecule has 1 aromatic carbocycles. The van der Waals surface area contributed by atoms with Crippen LogP contribution in [-0.4, -0.2) is 55.2 Å². The number of likely N-dealkylation sites (tertiary alicyclic amines) is 1. The van der Waals surface area contributed by atoms with Crippen LogP contribution in [0.1, 0.15) is 25.3 Å². The molecular formula is C25H31N3O2. The largest absolute Gasteiger partial charge is 0.377 e. The summed E-state index contributed by atoms with van der Waals surface area (Å²) >= 11 is 0. The zero-order valence-corrected chi connectivity index (χ0v) is 17.8. The van der Waals surface area contributed by atoms with Crippen molar-refractivity contribution in [2.24, 2.45) is 5.41 Å². The van der Waals surface area contributed by atoms with E-state index in [1.165, 1.54) is 11.1 Å². The van der Waals surface area contributed by atoms with Gasteiger partial charge in [0, 0.05) is 32.0 Å². The van der Waals surface area contributed by atoms with Gasteiger partial charge in [-0.3, -0.25) is 14.7 Å². The first-order valence-corrected chi connectivity index (χ1v) is 10.9. The van der Waals surface area contributed by atoms with Gasteiger partial charge in [0.05, 0.1) is 18.6 Å². The number of rotatable bonds is 7. The van der Waals surface area contributed by atoms with Crippen LogP contribution in [0, 0.1) is 5.41 Å². The van der Waals surface area contributed by atoms with Crippen molar-refractivity contribution in [3.05, 3.63) is 66.0 Å². The van der Waals surface area contributed by atoms with Gasteiger partial charge in [0.15, 0.2) is 0 Å². The van der Waals surface area contributed by atoms with Gasteiger partial charge in [-0.2, -0.15) is 0 Å². The molecule has 1 aromatic heterocycles. The van der Waals surface area contributed by atoms with Crippen molar-refractivity contribution in [2.75, 3.05) is 39.4 Å². The van der Waals surface area contributed by atoms with Gasteiger partial charge in [-0.25, -0.2) is 0 Å². The Kier molecular flexibility index (Phi) is 6.60. The third-order valence-corrected chi connectivity index (χ3v) is 6.13. The lowest BCUT2D eigenvalue weighted by molar-refractivity contribution is -0.130. The number of hydrogen-bond donors (Lipinski definition) is 1. The predicted octanol–water partition coefficient (Wildman–Crippen LogP) is 3.47. The number of carbonyl (C=O) groups excluding carboxylic acids is 1. The van der Waals surface area contributed by atoms with Crippen molar-refractivity contribution in [1.29, 1.82) is 0 Å². The van der Waals surface area contributed by atoms with Crippen molar-refractivity contribution in [3.8, 4) is 11.1 Å². The monoisotopic (exact) mass is 405 g/mol. The van der Waals surface area contributed by atoms with Gasteiger partial charge < -0.3 is 10.1 Å². The molecule has 2 aliphatic rings. The van der Waals surface area contributed by atoms with Gasteiger partial charge in [0.1, 0.15) is 0 Å². The lowest BCUT2D eigenvalue weighted by Gasteiger charge is -2.29. The van der Waals surface area contributed by atoms with Gasteiger partial charge in [-0.05, 0) is 61.1 Å². The number of nitrogens with zero attached hydrogens (tertiary/aromatic N) is 2. The first kappa shape index (κ1) is 20.8. The van der Waals surface area contributed by atoms with Gasteiger partial charge in [-0.15, -0.1) is 0 Å². The fraction of sp³-hybridized carbons (Fsp3) is 0.440. The number of aromatic nitrogens is 1. The average molecular weight is 406 g/mol. The Morgan fingerprint density at radius 3 is 2.93 bits per heavy atom. The maximum atomic E-state index is 13.2. The second kappa shape index (κ2) is 9.54. The molecule has 1 amide bonds. The first-order chi connectivity index (χ1) is 14.7.